The predicted octanol–water partition coefficient (Wildman–Crippen LogP) is 3.79. The Morgan fingerprint density at radius 2 is 2.00 bits per heavy atom. The monoisotopic (exact) mass is 406 g/mol. The molecule has 0 spiro atoms. The van der Waals surface area contributed by atoms with Crippen molar-refractivity contribution >= 4 is 44.1 Å². The molecule has 2 N–H and O–H groups in total. The molecule has 2 aromatic heterocycles. The third-order valence-corrected chi connectivity index (χ3v) is 6.49. The van der Waals surface area contributed by atoms with Gasteiger partial charge in [-0.05, 0) is 36.1 Å². The van der Waals surface area contributed by atoms with Gasteiger partial charge in [-0.2, -0.15) is 0 Å². The van der Waals surface area contributed by atoms with Crippen LogP contribution in [0, 0.1) is 0 Å². The zero-order valence-electron chi connectivity index (χ0n) is 16.2. The van der Waals surface area contributed by atoms with Gasteiger partial charge in [0.1, 0.15) is 17.8 Å². The molecule has 2 aromatic carbocycles. The van der Waals surface area contributed by atoms with Crippen molar-refractivity contribution in [3.63, 3.8) is 0 Å². The topological polar surface area (TPSA) is 59.6 Å². The Balaban J connectivity index is 1.29. The average molecular weight is 407 g/mol. The molecule has 1 aliphatic heterocycles. The van der Waals surface area contributed by atoms with Gasteiger partial charge in [0.25, 0.3) is 0 Å². The number of hydrogen-bond donors (Lipinski definition) is 2. The van der Waals surface area contributed by atoms with E-state index in [9.17, 15) is 4.79 Å². The zero-order chi connectivity index (χ0) is 19.6. The van der Waals surface area contributed by atoms with Crippen molar-refractivity contribution in [2.45, 2.75) is 32.2 Å². The number of amides is 1. The SMILES string of the molecule is O=C(Cc1coc2ccc3ccccc3c12)Nc1nc(C[NH+]2CCCCC2)cs1. The summed E-state index contributed by atoms with van der Waals surface area (Å²) in [7, 11) is 0. The van der Waals surface area contributed by atoms with Gasteiger partial charge in [-0.15, -0.1) is 11.3 Å². The number of aromatic nitrogens is 1. The summed E-state index contributed by atoms with van der Waals surface area (Å²) in [5.74, 6) is -0.0631. The molecule has 6 heteroatoms. The van der Waals surface area contributed by atoms with Crippen LogP contribution in [0.1, 0.15) is 30.5 Å². The first-order chi connectivity index (χ1) is 14.3. The number of fused-ring (bicyclic) bond motifs is 3. The molecular formula is C23H24N3O2S+. The van der Waals surface area contributed by atoms with Crippen molar-refractivity contribution in [3.8, 4) is 0 Å². The molecule has 0 bridgehead atoms. The molecule has 3 heterocycles. The smallest absolute Gasteiger partial charge is 0.230 e. The van der Waals surface area contributed by atoms with Gasteiger partial charge in [-0.1, -0.05) is 30.3 Å². The molecular weight excluding hydrogens is 382 g/mol. The quantitative estimate of drug-likeness (QED) is 0.530. The predicted molar refractivity (Wildman–Crippen MR) is 116 cm³/mol. The van der Waals surface area contributed by atoms with Crippen LogP contribution in [-0.2, 0) is 17.8 Å². The van der Waals surface area contributed by atoms with Gasteiger partial charge in [0, 0.05) is 16.3 Å². The molecule has 5 nitrogen and oxygen atoms in total. The number of piperidine rings is 1. The molecule has 1 aliphatic rings. The minimum atomic E-state index is -0.0631. The lowest BCUT2D eigenvalue weighted by molar-refractivity contribution is -0.918. The number of nitrogens with one attached hydrogen (secondary N) is 2. The number of anilines is 1. The van der Waals surface area contributed by atoms with Crippen molar-refractivity contribution in [1.29, 1.82) is 0 Å². The average Bonchev–Trinajstić information content (AvgIpc) is 3.35. The summed E-state index contributed by atoms with van der Waals surface area (Å²) in [5, 5.41) is 9.00. The van der Waals surface area contributed by atoms with Crippen molar-refractivity contribution in [2.75, 3.05) is 18.4 Å². The summed E-state index contributed by atoms with van der Waals surface area (Å²) in [6, 6.07) is 12.2. The Hall–Kier alpha value is -2.70. The Kier molecular flexibility index (Phi) is 5.04. The molecule has 0 unspecified atom stereocenters. The Morgan fingerprint density at radius 3 is 2.90 bits per heavy atom. The van der Waals surface area contributed by atoms with E-state index in [-0.39, 0.29) is 12.3 Å². The first kappa shape index (κ1) is 18.3. The molecule has 0 atom stereocenters. The normalized spacial score (nSPS) is 15.2. The molecule has 1 fully saturated rings. The van der Waals surface area contributed by atoms with Crippen molar-refractivity contribution in [3.05, 3.63) is 59.3 Å². The highest BCUT2D eigenvalue weighted by Crippen LogP contribution is 2.30. The highest BCUT2D eigenvalue weighted by Gasteiger charge is 2.17. The lowest BCUT2D eigenvalue weighted by atomic mass is 10.0. The maximum Gasteiger partial charge on any atom is 0.230 e. The van der Waals surface area contributed by atoms with E-state index in [4.69, 9.17) is 4.42 Å². The molecule has 0 saturated carbocycles. The number of furan rings is 1. The Morgan fingerprint density at radius 1 is 1.14 bits per heavy atom. The third-order valence-electron chi connectivity index (χ3n) is 5.68. The van der Waals surface area contributed by atoms with Gasteiger partial charge in [0.05, 0.1) is 25.8 Å². The molecule has 5 rings (SSSR count). The maximum absolute atomic E-state index is 12.7. The molecule has 29 heavy (non-hydrogen) atoms. The van der Waals surface area contributed by atoms with Gasteiger partial charge in [0.2, 0.25) is 5.91 Å². The summed E-state index contributed by atoms with van der Waals surface area (Å²) in [6.07, 6.45) is 5.92. The zero-order valence-corrected chi connectivity index (χ0v) is 17.1. The number of thiazole rings is 1. The van der Waals surface area contributed by atoms with E-state index in [1.165, 1.54) is 43.7 Å². The molecule has 148 valence electrons. The van der Waals surface area contributed by atoms with Crippen LogP contribution in [0.25, 0.3) is 21.7 Å². The van der Waals surface area contributed by atoms with Crippen molar-refractivity contribution in [2.24, 2.45) is 0 Å². The molecule has 1 amide bonds. The van der Waals surface area contributed by atoms with E-state index in [0.29, 0.717) is 5.13 Å². The lowest BCUT2D eigenvalue weighted by Crippen LogP contribution is -3.11. The van der Waals surface area contributed by atoms with E-state index in [2.05, 4.69) is 27.8 Å². The van der Waals surface area contributed by atoms with Crippen LogP contribution in [-0.4, -0.2) is 24.0 Å². The van der Waals surface area contributed by atoms with Gasteiger partial charge >= 0.3 is 0 Å². The van der Waals surface area contributed by atoms with Crippen LogP contribution in [0.2, 0.25) is 0 Å². The lowest BCUT2D eigenvalue weighted by Gasteiger charge is -2.22. The van der Waals surface area contributed by atoms with E-state index in [0.717, 1.165) is 39.5 Å². The fourth-order valence-electron chi connectivity index (χ4n) is 4.27. The van der Waals surface area contributed by atoms with Gasteiger partial charge < -0.3 is 14.6 Å². The minimum Gasteiger partial charge on any atom is -0.464 e. The summed E-state index contributed by atoms with van der Waals surface area (Å²) in [5.41, 5.74) is 2.79. The van der Waals surface area contributed by atoms with Crippen LogP contribution < -0.4 is 10.2 Å². The molecule has 1 saturated heterocycles. The largest absolute Gasteiger partial charge is 0.464 e. The van der Waals surface area contributed by atoms with E-state index in [1.54, 1.807) is 11.2 Å². The van der Waals surface area contributed by atoms with E-state index in [1.807, 2.05) is 24.3 Å². The highest BCUT2D eigenvalue weighted by molar-refractivity contribution is 7.13. The van der Waals surface area contributed by atoms with Crippen LogP contribution >= 0.6 is 11.3 Å². The third kappa shape index (κ3) is 3.91. The number of rotatable bonds is 5. The van der Waals surface area contributed by atoms with Crippen molar-refractivity contribution in [1.82, 2.24) is 4.98 Å². The maximum atomic E-state index is 12.7. The van der Waals surface area contributed by atoms with Crippen LogP contribution in [0.4, 0.5) is 5.13 Å². The fraction of sp³-hybridized carbons (Fsp3) is 0.304. The second kappa shape index (κ2) is 7.97. The number of hydrogen-bond acceptors (Lipinski definition) is 4. The summed E-state index contributed by atoms with van der Waals surface area (Å²) >= 11 is 1.51. The first-order valence-corrected chi connectivity index (χ1v) is 11.1. The fourth-order valence-corrected chi connectivity index (χ4v) is 5.00. The molecule has 0 aliphatic carbocycles. The molecule has 0 radical (unpaired) electrons. The van der Waals surface area contributed by atoms with Gasteiger partial charge in [0.15, 0.2) is 5.13 Å². The standard InChI is InChI=1S/C23H23N3O2S/c27-21(25-23-24-18(15-29-23)13-26-10-4-1-5-11-26)12-17-14-28-20-9-8-16-6-2-3-7-19(16)22(17)20/h2-3,6-9,14-15H,1,4-5,10-13H2,(H,24,25,27)/p+1. The number of carbonyl (C=O) groups is 1. The van der Waals surface area contributed by atoms with Crippen LogP contribution in [0.3, 0.4) is 0 Å². The van der Waals surface area contributed by atoms with Crippen molar-refractivity contribution < 1.29 is 14.1 Å². The van der Waals surface area contributed by atoms with Gasteiger partial charge in [-0.3, -0.25) is 4.79 Å². The first-order valence-electron chi connectivity index (χ1n) is 10.2. The van der Waals surface area contributed by atoms with Crippen LogP contribution in [0.15, 0.2) is 52.5 Å². The summed E-state index contributed by atoms with van der Waals surface area (Å²) in [6.45, 7) is 3.40. The second-order valence-electron chi connectivity index (χ2n) is 7.78. The van der Waals surface area contributed by atoms with E-state index >= 15 is 0 Å². The number of carbonyl (C=O) groups excluding carboxylic acids is 1. The van der Waals surface area contributed by atoms with Gasteiger partial charge in [-0.25, -0.2) is 4.98 Å². The minimum absolute atomic E-state index is 0.0631. The number of benzene rings is 2. The summed E-state index contributed by atoms with van der Waals surface area (Å²) in [4.78, 5) is 18.9. The number of likely N-dealkylation sites (tertiary alicyclic amines) is 1. The van der Waals surface area contributed by atoms with Crippen LogP contribution in [0.5, 0.6) is 0 Å². The Bertz CT molecular complexity index is 1160. The number of quaternary nitrogens is 1. The molecule has 4 aromatic rings. The second-order valence-corrected chi connectivity index (χ2v) is 8.64. The number of nitrogens with zero attached hydrogens (tertiary/aromatic N) is 1. The van der Waals surface area contributed by atoms with E-state index < -0.39 is 0 Å². The summed E-state index contributed by atoms with van der Waals surface area (Å²) < 4.78 is 5.70. The Labute approximate surface area is 173 Å². The highest BCUT2D eigenvalue weighted by atomic mass is 32.1.